The molecule has 4 heterocycles. The Labute approximate surface area is 252 Å². The van der Waals surface area contributed by atoms with Crippen LogP contribution >= 0.6 is 0 Å². The summed E-state index contributed by atoms with van der Waals surface area (Å²) in [7, 11) is 2.20. The Morgan fingerprint density at radius 2 is 1.65 bits per heavy atom. The Morgan fingerprint density at radius 1 is 0.930 bits per heavy atom. The van der Waals surface area contributed by atoms with Crippen LogP contribution < -0.4 is 21.3 Å². The van der Waals surface area contributed by atoms with Gasteiger partial charge in [-0.3, -0.25) is 9.69 Å². The molecule has 4 N–H and O–H groups in total. The highest BCUT2D eigenvalue weighted by Crippen LogP contribution is 2.32. The van der Waals surface area contributed by atoms with E-state index in [1.165, 1.54) is 30.7 Å². The molecule has 3 aliphatic rings. The maximum atomic E-state index is 14.2. The Morgan fingerprint density at radius 3 is 2.33 bits per heavy atom. The first kappa shape index (κ1) is 29.3. The lowest BCUT2D eigenvalue weighted by Gasteiger charge is -2.42. The van der Waals surface area contributed by atoms with E-state index >= 15 is 0 Å². The lowest BCUT2D eigenvalue weighted by atomic mass is 10.0. The Hall–Kier alpha value is -3.80. The molecule has 1 aromatic heterocycles. The molecule has 3 fully saturated rings. The molecular formula is C32H41FN8O2. The Kier molecular flexibility index (Phi) is 9.01. The van der Waals surface area contributed by atoms with Gasteiger partial charge in [-0.15, -0.1) is 0 Å². The lowest BCUT2D eigenvalue weighted by molar-refractivity contribution is 0.0904. The van der Waals surface area contributed by atoms with Gasteiger partial charge in [0.25, 0.3) is 5.91 Å². The maximum Gasteiger partial charge on any atom is 0.271 e. The van der Waals surface area contributed by atoms with E-state index in [0.717, 1.165) is 57.8 Å². The van der Waals surface area contributed by atoms with E-state index in [4.69, 9.17) is 15.5 Å². The van der Waals surface area contributed by atoms with Crippen LogP contribution in [-0.4, -0.2) is 97.3 Å². The Bertz CT molecular complexity index is 1400. The van der Waals surface area contributed by atoms with Gasteiger partial charge in [-0.1, -0.05) is 12.1 Å². The number of primary amides is 1. The zero-order chi connectivity index (χ0) is 29.8. The largest absolute Gasteiger partial charge is 0.381 e. The van der Waals surface area contributed by atoms with Crippen LogP contribution in [-0.2, 0) is 4.74 Å². The smallest absolute Gasteiger partial charge is 0.271 e. The van der Waals surface area contributed by atoms with Crippen LogP contribution in [0.15, 0.2) is 48.5 Å². The minimum absolute atomic E-state index is 0.00755. The molecule has 0 unspecified atom stereocenters. The monoisotopic (exact) mass is 588 g/mol. The number of carbonyl (C=O) groups excluding carboxylic acids is 1. The summed E-state index contributed by atoms with van der Waals surface area (Å²) in [6.45, 7) is 7.97. The van der Waals surface area contributed by atoms with Crippen LogP contribution in [0.3, 0.4) is 0 Å². The number of anilines is 4. The van der Waals surface area contributed by atoms with Crippen LogP contribution in [0.4, 0.5) is 27.4 Å². The lowest BCUT2D eigenvalue weighted by Crippen LogP contribution is -2.52. The zero-order valence-corrected chi connectivity index (χ0v) is 24.8. The summed E-state index contributed by atoms with van der Waals surface area (Å²) in [6, 6.07) is 15.0. The molecule has 3 aliphatic heterocycles. The molecule has 3 saturated heterocycles. The van der Waals surface area contributed by atoms with Gasteiger partial charge in [0.2, 0.25) is 0 Å². The van der Waals surface area contributed by atoms with Gasteiger partial charge >= 0.3 is 0 Å². The zero-order valence-electron chi connectivity index (χ0n) is 24.8. The van der Waals surface area contributed by atoms with Crippen molar-refractivity contribution in [1.29, 1.82) is 0 Å². The fourth-order valence-corrected chi connectivity index (χ4v) is 6.24. The van der Waals surface area contributed by atoms with E-state index in [2.05, 4.69) is 49.5 Å². The Balaban J connectivity index is 1.19. The summed E-state index contributed by atoms with van der Waals surface area (Å²) in [5, 5.41) is 6.72. The normalized spacial score (nSPS) is 19.3. The predicted octanol–water partition coefficient (Wildman–Crippen LogP) is 3.93. The quantitative estimate of drug-likeness (QED) is 0.360. The average Bonchev–Trinajstić information content (AvgIpc) is 3.02. The van der Waals surface area contributed by atoms with E-state index in [1.54, 1.807) is 12.1 Å². The van der Waals surface area contributed by atoms with Crippen molar-refractivity contribution in [3.63, 3.8) is 0 Å². The van der Waals surface area contributed by atoms with E-state index in [9.17, 15) is 9.18 Å². The van der Waals surface area contributed by atoms with Crippen molar-refractivity contribution in [2.24, 2.45) is 5.73 Å². The van der Waals surface area contributed by atoms with Crippen molar-refractivity contribution in [2.75, 3.05) is 75.1 Å². The summed E-state index contributed by atoms with van der Waals surface area (Å²) in [6.07, 6.45) is 3.95. The first-order chi connectivity index (χ1) is 20.9. The second kappa shape index (κ2) is 13.2. The summed E-state index contributed by atoms with van der Waals surface area (Å²) in [5.41, 5.74) is 8.59. The molecule has 0 spiro atoms. The van der Waals surface area contributed by atoms with Gasteiger partial charge < -0.3 is 30.9 Å². The first-order valence-corrected chi connectivity index (χ1v) is 15.3. The van der Waals surface area contributed by atoms with Gasteiger partial charge in [0, 0.05) is 81.5 Å². The average molecular weight is 589 g/mol. The number of aromatic nitrogens is 2. The number of ether oxygens (including phenoxy) is 1. The summed E-state index contributed by atoms with van der Waals surface area (Å²) in [4.78, 5) is 29.4. The second-order valence-electron chi connectivity index (χ2n) is 11.8. The molecule has 0 radical (unpaired) electrons. The molecule has 43 heavy (non-hydrogen) atoms. The topological polar surface area (TPSA) is 112 Å². The SMILES string of the molecule is CN1CCN(C2CCN(c3ccc(Nc4nc(NC5CCOCC5)c(-c5cccc(F)c5)nc4C(N)=O)cc3)CC2)CC1. The number of carbonyl (C=O) groups is 1. The molecule has 0 aliphatic carbocycles. The van der Waals surface area contributed by atoms with Crippen LogP contribution in [0.5, 0.6) is 0 Å². The number of nitrogens with zero attached hydrogens (tertiary/aromatic N) is 5. The minimum Gasteiger partial charge on any atom is -0.381 e. The van der Waals surface area contributed by atoms with Crippen molar-refractivity contribution in [1.82, 2.24) is 19.8 Å². The van der Waals surface area contributed by atoms with Gasteiger partial charge in [0.05, 0.1) is 0 Å². The number of likely N-dealkylation sites (N-methyl/N-ethyl adjacent to an activating group) is 1. The van der Waals surface area contributed by atoms with Crippen LogP contribution in [0.2, 0.25) is 0 Å². The molecule has 11 heteroatoms. The van der Waals surface area contributed by atoms with Gasteiger partial charge in [-0.2, -0.15) is 0 Å². The van der Waals surface area contributed by atoms with Crippen LogP contribution in [0.1, 0.15) is 36.2 Å². The van der Waals surface area contributed by atoms with Crippen molar-refractivity contribution in [3.05, 3.63) is 60.0 Å². The number of benzene rings is 2. The van der Waals surface area contributed by atoms with Gasteiger partial charge in [-0.05, 0) is 69.1 Å². The number of piperazine rings is 1. The molecule has 228 valence electrons. The molecule has 1 amide bonds. The number of nitrogens with two attached hydrogens (primary N) is 1. The van der Waals surface area contributed by atoms with Crippen LogP contribution in [0, 0.1) is 5.82 Å². The van der Waals surface area contributed by atoms with Crippen molar-refractivity contribution >= 4 is 28.9 Å². The number of hydrogen-bond donors (Lipinski definition) is 3. The van der Waals surface area contributed by atoms with Crippen molar-refractivity contribution in [2.45, 2.75) is 37.8 Å². The number of rotatable bonds is 8. The number of hydrogen-bond acceptors (Lipinski definition) is 9. The number of piperidine rings is 1. The number of amides is 1. The van der Waals surface area contributed by atoms with E-state index in [-0.39, 0.29) is 17.6 Å². The third kappa shape index (κ3) is 7.06. The standard InChI is InChI=1S/C32H41FN8O2/c1-39-15-17-41(18-16-39)27-9-13-40(14-10-27)26-7-5-24(6-8-26)35-32-29(30(34)42)37-28(22-3-2-4-23(33)21-22)31(38-32)36-25-11-19-43-20-12-25/h2-8,21,25,27H,9-20H2,1H3,(H2,34,42)(H2,35,36,38). The highest BCUT2D eigenvalue weighted by atomic mass is 19.1. The third-order valence-electron chi connectivity index (χ3n) is 8.80. The summed E-state index contributed by atoms with van der Waals surface area (Å²) < 4.78 is 19.7. The van der Waals surface area contributed by atoms with E-state index in [0.29, 0.717) is 36.3 Å². The van der Waals surface area contributed by atoms with Gasteiger partial charge in [0.15, 0.2) is 17.3 Å². The summed E-state index contributed by atoms with van der Waals surface area (Å²) >= 11 is 0. The minimum atomic E-state index is -0.717. The molecule has 6 rings (SSSR count). The highest BCUT2D eigenvalue weighted by molar-refractivity contribution is 5.97. The first-order valence-electron chi connectivity index (χ1n) is 15.3. The maximum absolute atomic E-state index is 14.2. The molecule has 0 saturated carbocycles. The summed E-state index contributed by atoms with van der Waals surface area (Å²) in [5.74, 6) is -0.402. The predicted molar refractivity (Wildman–Crippen MR) is 167 cm³/mol. The fourth-order valence-electron chi connectivity index (χ4n) is 6.24. The fraction of sp³-hybridized carbons (Fsp3) is 0.469. The molecule has 3 aromatic rings. The third-order valence-corrected chi connectivity index (χ3v) is 8.80. The molecule has 10 nitrogen and oxygen atoms in total. The van der Waals surface area contributed by atoms with E-state index in [1.807, 2.05) is 12.1 Å². The highest BCUT2D eigenvalue weighted by Gasteiger charge is 2.27. The molecule has 0 bridgehead atoms. The van der Waals surface area contributed by atoms with Crippen molar-refractivity contribution in [3.8, 4) is 11.3 Å². The van der Waals surface area contributed by atoms with Gasteiger partial charge in [-0.25, -0.2) is 14.4 Å². The van der Waals surface area contributed by atoms with Gasteiger partial charge in [0.1, 0.15) is 11.5 Å². The van der Waals surface area contributed by atoms with E-state index < -0.39 is 11.7 Å². The molecule has 2 aromatic carbocycles. The second-order valence-corrected chi connectivity index (χ2v) is 11.8. The number of nitrogens with one attached hydrogen (secondary N) is 2. The molecular weight excluding hydrogens is 547 g/mol. The number of halogens is 1. The molecule has 0 atom stereocenters. The van der Waals surface area contributed by atoms with Crippen LogP contribution in [0.25, 0.3) is 11.3 Å². The van der Waals surface area contributed by atoms with Crippen molar-refractivity contribution < 1.29 is 13.9 Å².